The van der Waals surface area contributed by atoms with Gasteiger partial charge in [-0.1, -0.05) is 0 Å². The molecular weight excluding hydrogens is 256 g/mol. The molecule has 1 aliphatic rings. The number of ether oxygens (including phenoxy) is 2. The molecule has 1 N–H and O–H groups in total. The minimum atomic E-state index is 0.0318. The van der Waals surface area contributed by atoms with Gasteiger partial charge in [-0.2, -0.15) is 0 Å². The first-order chi connectivity index (χ1) is 9.74. The van der Waals surface area contributed by atoms with E-state index in [1.165, 1.54) is 0 Å². The zero-order valence-electron chi connectivity index (χ0n) is 12.1. The highest BCUT2D eigenvalue weighted by Crippen LogP contribution is 2.24. The summed E-state index contributed by atoms with van der Waals surface area (Å²) >= 11 is 0. The molecule has 20 heavy (non-hydrogen) atoms. The Morgan fingerprint density at radius 3 is 2.65 bits per heavy atom. The average molecular weight is 278 g/mol. The number of amides is 2. The maximum atomic E-state index is 11.9. The van der Waals surface area contributed by atoms with E-state index in [9.17, 15) is 4.79 Å². The molecule has 5 heteroatoms. The fraction of sp³-hybridized carbons (Fsp3) is 0.533. The summed E-state index contributed by atoms with van der Waals surface area (Å²) in [7, 11) is 3.29. The predicted molar refractivity (Wildman–Crippen MR) is 77.5 cm³/mol. The average Bonchev–Trinajstić information content (AvgIpc) is 3.01. The fourth-order valence-corrected chi connectivity index (χ4v) is 2.41. The molecule has 1 aromatic carbocycles. The Bertz CT molecular complexity index is 456. The number of urea groups is 1. The molecule has 1 saturated heterocycles. The molecule has 0 spiro atoms. The number of methoxy groups -OCH3 is 2. The first kappa shape index (κ1) is 14.5. The van der Waals surface area contributed by atoms with E-state index in [-0.39, 0.29) is 6.03 Å². The lowest BCUT2D eigenvalue weighted by molar-refractivity contribution is 0.209. The smallest absolute Gasteiger partial charge is 0.317 e. The third-order valence-corrected chi connectivity index (χ3v) is 3.55. The van der Waals surface area contributed by atoms with Crippen molar-refractivity contribution >= 4 is 6.03 Å². The van der Waals surface area contributed by atoms with Crippen LogP contribution < -0.4 is 14.8 Å². The lowest BCUT2D eigenvalue weighted by atomic mass is 10.1. The summed E-state index contributed by atoms with van der Waals surface area (Å²) in [6.07, 6.45) is 2.94. The summed E-state index contributed by atoms with van der Waals surface area (Å²) in [6.45, 7) is 2.33. The van der Waals surface area contributed by atoms with Crippen LogP contribution in [0.2, 0.25) is 0 Å². The Morgan fingerprint density at radius 1 is 1.25 bits per heavy atom. The first-order valence-corrected chi connectivity index (χ1v) is 6.98. The second kappa shape index (κ2) is 7.03. The van der Waals surface area contributed by atoms with Crippen LogP contribution in [-0.2, 0) is 6.42 Å². The minimum absolute atomic E-state index is 0.0318. The summed E-state index contributed by atoms with van der Waals surface area (Å²) in [4.78, 5) is 13.7. The van der Waals surface area contributed by atoms with Crippen LogP contribution >= 0.6 is 0 Å². The summed E-state index contributed by atoms with van der Waals surface area (Å²) in [5.41, 5.74) is 1.04. The number of benzene rings is 1. The molecule has 2 amide bonds. The molecule has 1 heterocycles. The van der Waals surface area contributed by atoms with Crippen molar-refractivity contribution in [3.63, 3.8) is 0 Å². The van der Waals surface area contributed by atoms with Gasteiger partial charge in [0.05, 0.1) is 14.2 Å². The monoisotopic (exact) mass is 278 g/mol. The van der Waals surface area contributed by atoms with Gasteiger partial charge >= 0.3 is 6.03 Å². The fourth-order valence-electron chi connectivity index (χ4n) is 2.41. The molecule has 0 bridgehead atoms. The van der Waals surface area contributed by atoms with Gasteiger partial charge < -0.3 is 19.7 Å². The van der Waals surface area contributed by atoms with Crippen molar-refractivity contribution in [2.24, 2.45) is 0 Å². The van der Waals surface area contributed by atoms with E-state index < -0.39 is 0 Å². The van der Waals surface area contributed by atoms with E-state index in [4.69, 9.17) is 9.47 Å². The van der Waals surface area contributed by atoms with Gasteiger partial charge in [0, 0.05) is 19.6 Å². The van der Waals surface area contributed by atoms with Crippen LogP contribution in [0.5, 0.6) is 11.5 Å². The zero-order chi connectivity index (χ0) is 14.4. The highest BCUT2D eigenvalue weighted by molar-refractivity contribution is 5.74. The SMILES string of the molecule is COc1ccc(OC)c(CCNC(=O)N2CCCC2)c1. The molecule has 0 atom stereocenters. The predicted octanol–water partition coefficient (Wildman–Crippen LogP) is 2.05. The van der Waals surface area contributed by atoms with Crippen molar-refractivity contribution in [3.8, 4) is 11.5 Å². The number of hydrogen-bond acceptors (Lipinski definition) is 3. The van der Waals surface area contributed by atoms with Crippen LogP contribution in [0.3, 0.4) is 0 Å². The number of nitrogens with zero attached hydrogens (tertiary/aromatic N) is 1. The lowest BCUT2D eigenvalue weighted by Gasteiger charge is -2.16. The molecule has 0 aliphatic carbocycles. The molecule has 0 aromatic heterocycles. The number of hydrogen-bond donors (Lipinski definition) is 1. The molecule has 1 aromatic rings. The molecule has 5 nitrogen and oxygen atoms in total. The van der Waals surface area contributed by atoms with Crippen molar-refractivity contribution in [1.29, 1.82) is 0 Å². The molecule has 2 rings (SSSR count). The van der Waals surface area contributed by atoms with Gasteiger partial charge in [-0.15, -0.1) is 0 Å². The highest BCUT2D eigenvalue weighted by Gasteiger charge is 2.17. The number of nitrogens with one attached hydrogen (secondary N) is 1. The third kappa shape index (κ3) is 3.56. The van der Waals surface area contributed by atoms with E-state index in [0.29, 0.717) is 6.54 Å². The van der Waals surface area contributed by atoms with Crippen LogP contribution in [0, 0.1) is 0 Å². The van der Waals surface area contributed by atoms with Crippen LogP contribution in [0.4, 0.5) is 4.79 Å². The number of rotatable bonds is 5. The number of carbonyl (C=O) groups excluding carboxylic acids is 1. The molecule has 110 valence electrons. The topological polar surface area (TPSA) is 50.8 Å². The second-order valence-electron chi connectivity index (χ2n) is 4.85. The van der Waals surface area contributed by atoms with Crippen LogP contribution in [0.1, 0.15) is 18.4 Å². The molecular formula is C15H22N2O3. The van der Waals surface area contributed by atoms with Gasteiger partial charge in [0.1, 0.15) is 11.5 Å². The Hall–Kier alpha value is -1.91. The summed E-state index contributed by atoms with van der Waals surface area (Å²) in [5.74, 6) is 1.62. The minimum Gasteiger partial charge on any atom is -0.497 e. The van der Waals surface area contributed by atoms with E-state index >= 15 is 0 Å². The molecule has 0 radical (unpaired) electrons. The van der Waals surface area contributed by atoms with Gasteiger partial charge in [0.2, 0.25) is 0 Å². The third-order valence-electron chi connectivity index (χ3n) is 3.55. The second-order valence-corrected chi connectivity index (χ2v) is 4.85. The number of likely N-dealkylation sites (tertiary alicyclic amines) is 1. The highest BCUT2D eigenvalue weighted by atomic mass is 16.5. The van der Waals surface area contributed by atoms with E-state index in [1.54, 1.807) is 14.2 Å². The van der Waals surface area contributed by atoms with Crippen molar-refractivity contribution < 1.29 is 14.3 Å². The van der Waals surface area contributed by atoms with Crippen molar-refractivity contribution in [2.75, 3.05) is 33.9 Å². The maximum absolute atomic E-state index is 11.9. The van der Waals surface area contributed by atoms with Gasteiger partial charge in [-0.25, -0.2) is 4.79 Å². The normalized spacial score (nSPS) is 14.2. The van der Waals surface area contributed by atoms with Crippen molar-refractivity contribution in [3.05, 3.63) is 23.8 Å². The largest absolute Gasteiger partial charge is 0.497 e. The Morgan fingerprint density at radius 2 is 2.00 bits per heavy atom. The van der Waals surface area contributed by atoms with Crippen LogP contribution in [-0.4, -0.2) is 44.8 Å². The summed E-state index contributed by atoms with van der Waals surface area (Å²) < 4.78 is 10.5. The van der Waals surface area contributed by atoms with E-state index in [1.807, 2.05) is 23.1 Å². The zero-order valence-corrected chi connectivity index (χ0v) is 12.1. The van der Waals surface area contributed by atoms with Crippen molar-refractivity contribution in [2.45, 2.75) is 19.3 Å². The quantitative estimate of drug-likeness (QED) is 0.897. The van der Waals surface area contributed by atoms with Gasteiger partial charge in [-0.3, -0.25) is 0 Å². The van der Waals surface area contributed by atoms with Gasteiger partial charge in [0.25, 0.3) is 0 Å². The first-order valence-electron chi connectivity index (χ1n) is 6.98. The maximum Gasteiger partial charge on any atom is 0.317 e. The standard InChI is InChI=1S/C15H22N2O3/c1-19-13-5-6-14(20-2)12(11-13)7-8-16-15(18)17-9-3-4-10-17/h5-6,11H,3-4,7-10H2,1-2H3,(H,16,18). The Balaban J connectivity index is 1.87. The molecule has 1 aliphatic heterocycles. The van der Waals surface area contributed by atoms with Crippen LogP contribution in [0.25, 0.3) is 0 Å². The molecule has 1 fully saturated rings. The summed E-state index contributed by atoms with van der Waals surface area (Å²) in [5, 5.41) is 2.95. The molecule has 0 saturated carbocycles. The van der Waals surface area contributed by atoms with Gasteiger partial charge in [0.15, 0.2) is 0 Å². The van der Waals surface area contributed by atoms with E-state index in [0.717, 1.165) is 49.4 Å². The molecule has 0 unspecified atom stereocenters. The number of carbonyl (C=O) groups is 1. The van der Waals surface area contributed by atoms with Crippen molar-refractivity contribution in [1.82, 2.24) is 10.2 Å². The lowest BCUT2D eigenvalue weighted by Crippen LogP contribution is -2.38. The van der Waals surface area contributed by atoms with Crippen LogP contribution in [0.15, 0.2) is 18.2 Å². The Labute approximate surface area is 119 Å². The summed E-state index contributed by atoms with van der Waals surface area (Å²) in [6, 6.07) is 5.73. The van der Waals surface area contributed by atoms with Gasteiger partial charge in [-0.05, 0) is 43.0 Å². The Kier molecular flexibility index (Phi) is 5.09. The van der Waals surface area contributed by atoms with E-state index in [2.05, 4.69) is 5.32 Å².